The number of hydrogen-bond donors (Lipinski definition) is 3. The van der Waals surface area contributed by atoms with E-state index < -0.39 is 63.7 Å². The number of rotatable bonds is 9. The quantitative estimate of drug-likeness (QED) is 0.483. The van der Waals surface area contributed by atoms with E-state index in [0.29, 0.717) is 0 Å². The Morgan fingerprint density at radius 3 is 0.864 bits per heavy atom. The van der Waals surface area contributed by atoms with Crippen molar-refractivity contribution in [1.29, 1.82) is 0 Å². The van der Waals surface area contributed by atoms with E-state index in [2.05, 4.69) is 0 Å². The summed E-state index contributed by atoms with van der Waals surface area (Å²) in [5, 5.41) is 27.4. The number of carboxylic acids is 3. The zero-order valence-corrected chi connectivity index (χ0v) is 13.2. The van der Waals surface area contributed by atoms with E-state index >= 15 is 0 Å². The van der Waals surface area contributed by atoms with Crippen LogP contribution in [-0.4, -0.2) is 50.6 Å². The summed E-state index contributed by atoms with van der Waals surface area (Å²) in [7, 11) is 0. The first-order valence-corrected chi connectivity index (χ1v) is 8.04. The third-order valence-electron chi connectivity index (χ3n) is 2.60. The van der Waals surface area contributed by atoms with Crippen molar-refractivity contribution in [2.45, 2.75) is 35.1 Å². The monoisotopic (exact) mass is 355 g/mol. The molecule has 0 aliphatic carbocycles. The summed E-state index contributed by atoms with van der Waals surface area (Å²) in [6.45, 7) is 2.56. The maximum absolute atomic E-state index is 11.6. The van der Waals surface area contributed by atoms with Crippen LogP contribution in [0.4, 0.5) is 0 Å². The molecule has 0 bridgehead atoms. The summed E-state index contributed by atoms with van der Waals surface area (Å²) in [6, 6.07) is 0. The molecule has 0 spiro atoms. The van der Waals surface area contributed by atoms with Crippen molar-refractivity contribution >= 4 is 35.3 Å². The third kappa shape index (κ3) is 4.48. The van der Waals surface area contributed by atoms with Crippen molar-refractivity contribution in [2.75, 3.05) is 0 Å². The van der Waals surface area contributed by atoms with Crippen molar-refractivity contribution < 1.29 is 58.2 Å². The zero-order valence-electron chi connectivity index (χ0n) is 11.9. The van der Waals surface area contributed by atoms with Gasteiger partial charge >= 0.3 is 129 Å². The number of carbonyl (C=O) groups excluding carboxylic acids is 3. The Balaban J connectivity index is 6.39. The summed E-state index contributed by atoms with van der Waals surface area (Å²) in [5.74, 6) is -8.18. The molecule has 3 unspecified atom stereocenters. The van der Waals surface area contributed by atoms with Gasteiger partial charge in [0.15, 0.2) is 0 Å². The predicted octanol–water partition coefficient (Wildman–Crippen LogP) is -0.00910. The average molecular weight is 355 g/mol. The van der Waals surface area contributed by atoms with Crippen LogP contribution in [0.15, 0.2) is 0 Å². The van der Waals surface area contributed by atoms with Gasteiger partial charge < -0.3 is 0 Å². The van der Waals surface area contributed by atoms with Crippen molar-refractivity contribution in [3.63, 3.8) is 0 Å². The molecule has 0 amide bonds. The van der Waals surface area contributed by atoms with E-state index in [4.69, 9.17) is 15.3 Å². The maximum atomic E-state index is 11.6. The molecule has 10 heteroatoms. The van der Waals surface area contributed by atoms with E-state index in [1.165, 1.54) is 0 Å². The van der Waals surface area contributed by atoms with E-state index in [0.717, 1.165) is 20.8 Å². The molecule has 9 nitrogen and oxygen atoms in total. The number of carboxylic acid groups (broad SMARTS) is 3. The van der Waals surface area contributed by atoms with Gasteiger partial charge in [0.25, 0.3) is 0 Å². The van der Waals surface area contributed by atoms with Crippen LogP contribution in [0, 0.1) is 0 Å². The fraction of sp³-hybridized carbons (Fsp3) is 0.500. The van der Waals surface area contributed by atoms with Gasteiger partial charge in [0, 0.05) is 0 Å². The van der Waals surface area contributed by atoms with Crippen molar-refractivity contribution in [3.8, 4) is 0 Å². The zero-order chi connectivity index (χ0) is 17.8. The third-order valence-corrected chi connectivity index (χ3v) is 7.65. The summed E-state index contributed by atoms with van der Waals surface area (Å²) < 4.78 is -5.93. The second kappa shape index (κ2) is 7.82. The number of aliphatic carboxylic acids is 3. The van der Waals surface area contributed by atoms with E-state index in [1.54, 1.807) is 0 Å². The minimum absolute atomic E-state index is 0.855. The molecule has 123 valence electrons. The Bertz CT molecular complexity index is 421. The van der Waals surface area contributed by atoms with Gasteiger partial charge in [-0.1, -0.05) is 0 Å². The van der Waals surface area contributed by atoms with Crippen molar-refractivity contribution in [2.24, 2.45) is 0 Å². The molecular weight excluding hydrogens is 340 g/mol. The van der Waals surface area contributed by atoms with Crippen LogP contribution in [0.2, 0.25) is 14.3 Å². The number of ketones is 3. The van der Waals surface area contributed by atoms with Crippen LogP contribution in [0.3, 0.4) is 0 Å². The van der Waals surface area contributed by atoms with E-state index in [-0.39, 0.29) is 0 Å². The van der Waals surface area contributed by atoms with E-state index in [1.807, 2.05) is 0 Å². The molecule has 0 fully saturated rings. The summed E-state index contributed by atoms with van der Waals surface area (Å²) in [4.78, 5) is 68.6. The van der Waals surface area contributed by atoms with E-state index in [9.17, 15) is 28.8 Å². The molecule has 0 aliphatic heterocycles. The Morgan fingerprint density at radius 2 is 0.773 bits per heavy atom. The first kappa shape index (κ1) is 20.0. The van der Waals surface area contributed by atoms with Crippen LogP contribution in [0.25, 0.3) is 0 Å². The first-order valence-electron chi connectivity index (χ1n) is 5.83. The molecule has 0 aromatic heterocycles. The molecule has 0 rings (SSSR count). The fourth-order valence-corrected chi connectivity index (χ4v) is 6.02. The number of Topliss-reactive ketones (excluding diaryl/α,β-unsaturated/α-hetero) is 3. The standard InChI is InChI=1S/3C4H5O3.Cr/c3*1-3(5)2-4(6)7;/h3*2H,1H3,(H,6,7);. The predicted molar refractivity (Wildman–Crippen MR) is 66.2 cm³/mol. The summed E-state index contributed by atoms with van der Waals surface area (Å²) in [5.41, 5.74) is 0. The molecule has 3 atom stereocenters. The molecule has 0 aromatic carbocycles. The second-order valence-corrected chi connectivity index (χ2v) is 7.88. The Hall–Kier alpha value is -2.05. The summed E-state index contributed by atoms with van der Waals surface area (Å²) in [6.07, 6.45) is 0. The average Bonchev–Trinajstić information content (AvgIpc) is 2.24. The van der Waals surface area contributed by atoms with Gasteiger partial charge in [0.2, 0.25) is 0 Å². The van der Waals surface area contributed by atoms with Crippen molar-refractivity contribution in [3.05, 3.63) is 0 Å². The van der Waals surface area contributed by atoms with Gasteiger partial charge in [-0.2, -0.15) is 0 Å². The Labute approximate surface area is 129 Å². The molecule has 22 heavy (non-hydrogen) atoms. The number of hydrogen-bond acceptors (Lipinski definition) is 6. The van der Waals surface area contributed by atoms with Crippen LogP contribution in [0.5, 0.6) is 0 Å². The second-order valence-electron chi connectivity index (χ2n) is 4.40. The topological polar surface area (TPSA) is 163 Å². The number of carbonyl (C=O) groups is 6. The molecular formula is C12H15CrO9. The van der Waals surface area contributed by atoms with Crippen LogP contribution in [-0.2, 0) is 42.9 Å². The molecule has 0 aliphatic rings. The minimum atomic E-state index is -3.60. The first-order chi connectivity index (χ1) is 9.93. The molecule has 0 radical (unpaired) electrons. The van der Waals surface area contributed by atoms with Crippen LogP contribution in [0.1, 0.15) is 20.8 Å². The molecule has 0 saturated carbocycles. The molecule has 0 heterocycles. The van der Waals surface area contributed by atoms with Gasteiger partial charge in [-0.3, -0.25) is 0 Å². The molecule has 0 aromatic rings. The molecule has 0 saturated heterocycles. The Morgan fingerprint density at radius 1 is 0.591 bits per heavy atom. The SMILES string of the molecule is CC(=O)[CH](C(=O)O)[Cr]([CH](C(C)=O)C(=O)O)[CH](C(C)=O)C(=O)O. The van der Waals surface area contributed by atoms with Gasteiger partial charge in [-0.15, -0.1) is 0 Å². The van der Waals surface area contributed by atoms with Crippen molar-refractivity contribution in [1.82, 2.24) is 0 Å². The normalized spacial score (nSPS) is 14.7. The van der Waals surface area contributed by atoms with Gasteiger partial charge in [0.05, 0.1) is 0 Å². The van der Waals surface area contributed by atoms with Gasteiger partial charge in [-0.25, -0.2) is 0 Å². The van der Waals surface area contributed by atoms with Gasteiger partial charge in [-0.05, 0) is 0 Å². The fourth-order valence-electron chi connectivity index (χ4n) is 1.85. The Kier molecular flexibility index (Phi) is 7.09. The van der Waals surface area contributed by atoms with Crippen LogP contribution < -0.4 is 0 Å². The van der Waals surface area contributed by atoms with Gasteiger partial charge in [0.1, 0.15) is 0 Å². The summed E-state index contributed by atoms with van der Waals surface area (Å²) >= 11 is -3.60. The molecule has 3 N–H and O–H groups in total. The van der Waals surface area contributed by atoms with Crippen LogP contribution >= 0.6 is 0 Å².